The summed E-state index contributed by atoms with van der Waals surface area (Å²) in [6.07, 6.45) is 0. The molecule has 1 N–H and O–H groups in total. The van der Waals surface area contributed by atoms with Gasteiger partial charge < -0.3 is 10.1 Å². The second-order valence-electron chi connectivity index (χ2n) is 3.71. The van der Waals surface area contributed by atoms with Gasteiger partial charge in [0, 0.05) is 26.7 Å². The summed E-state index contributed by atoms with van der Waals surface area (Å²) < 4.78 is 8.04. The number of methoxy groups -OCH3 is 1. The quantitative estimate of drug-likeness (QED) is 0.888. The summed E-state index contributed by atoms with van der Waals surface area (Å²) in [6, 6.07) is 0.345. The summed E-state index contributed by atoms with van der Waals surface area (Å²) in [5, 5.41) is 7.71. The predicted molar refractivity (Wildman–Crippen MR) is 63.8 cm³/mol. The molecule has 4 nitrogen and oxygen atoms in total. The summed E-state index contributed by atoms with van der Waals surface area (Å²) in [6.45, 7) is 5.60. The number of aryl methyl sites for hydroxylation is 2. The summed E-state index contributed by atoms with van der Waals surface area (Å²) >= 11 is 3.54. The molecule has 1 aromatic rings. The average Bonchev–Trinajstić information content (AvgIpc) is 2.40. The highest BCUT2D eigenvalue weighted by molar-refractivity contribution is 9.10. The van der Waals surface area contributed by atoms with E-state index in [0.717, 1.165) is 22.4 Å². The lowest BCUT2D eigenvalue weighted by atomic mass is 10.3. The number of hydrogen-bond donors (Lipinski definition) is 1. The number of halogens is 1. The zero-order chi connectivity index (χ0) is 11.4. The molecule has 1 unspecified atom stereocenters. The zero-order valence-corrected chi connectivity index (χ0v) is 11.3. The Morgan fingerprint density at radius 3 is 2.73 bits per heavy atom. The van der Waals surface area contributed by atoms with E-state index >= 15 is 0 Å². The molecular formula is C10H18BrN3O. The van der Waals surface area contributed by atoms with Crippen molar-refractivity contribution in [2.75, 3.05) is 13.7 Å². The molecule has 1 atom stereocenters. The van der Waals surface area contributed by atoms with Crippen LogP contribution < -0.4 is 5.32 Å². The van der Waals surface area contributed by atoms with Crippen LogP contribution in [0.4, 0.5) is 0 Å². The van der Waals surface area contributed by atoms with Crippen LogP contribution in [0.1, 0.15) is 18.3 Å². The van der Waals surface area contributed by atoms with Crippen molar-refractivity contribution in [3.8, 4) is 0 Å². The maximum atomic E-state index is 5.06. The normalized spacial score (nSPS) is 13.1. The third kappa shape index (κ3) is 3.29. The summed E-state index contributed by atoms with van der Waals surface area (Å²) in [7, 11) is 3.66. The minimum atomic E-state index is 0.345. The van der Waals surface area contributed by atoms with Crippen LogP contribution in [0.5, 0.6) is 0 Å². The minimum absolute atomic E-state index is 0.345. The van der Waals surface area contributed by atoms with Crippen molar-refractivity contribution < 1.29 is 4.74 Å². The Bertz CT molecular complexity index is 325. The van der Waals surface area contributed by atoms with Crippen LogP contribution in [0, 0.1) is 6.92 Å². The molecule has 0 aliphatic rings. The first-order chi connectivity index (χ1) is 7.06. The molecule has 0 saturated carbocycles. The molecule has 0 bridgehead atoms. The molecular weight excluding hydrogens is 258 g/mol. The van der Waals surface area contributed by atoms with Crippen molar-refractivity contribution >= 4 is 15.9 Å². The fourth-order valence-corrected chi connectivity index (χ4v) is 1.93. The number of nitrogens with one attached hydrogen (secondary N) is 1. The fourth-order valence-electron chi connectivity index (χ4n) is 1.45. The van der Waals surface area contributed by atoms with Gasteiger partial charge in [-0.05, 0) is 29.8 Å². The molecule has 0 aliphatic heterocycles. The molecule has 0 radical (unpaired) electrons. The molecule has 1 heterocycles. The largest absolute Gasteiger partial charge is 0.383 e. The van der Waals surface area contributed by atoms with E-state index in [2.05, 4.69) is 33.3 Å². The standard InChI is InChI=1S/C10H18BrN3O/c1-7(6-15-4)12-5-9-10(11)8(2)13-14(9)3/h7,12H,5-6H2,1-4H3. The molecule has 15 heavy (non-hydrogen) atoms. The molecule has 0 aliphatic carbocycles. The average molecular weight is 276 g/mol. The monoisotopic (exact) mass is 275 g/mol. The number of ether oxygens (including phenoxy) is 1. The second-order valence-corrected chi connectivity index (χ2v) is 4.50. The number of nitrogens with zero attached hydrogens (tertiary/aromatic N) is 2. The van der Waals surface area contributed by atoms with Gasteiger partial charge in [0.05, 0.1) is 22.5 Å². The summed E-state index contributed by atoms with van der Waals surface area (Å²) in [5.74, 6) is 0. The summed E-state index contributed by atoms with van der Waals surface area (Å²) in [5.41, 5.74) is 2.18. The van der Waals surface area contributed by atoms with Crippen molar-refractivity contribution in [2.24, 2.45) is 7.05 Å². The van der Waals surface area contributed by atoms with Crippen LogP contribution in [0.3, 0.4) is 0 Å². The van der Waals surface area contributed by atoms with Gasteiger partial charge in [0.2, 0.25) is 0 Å². The van der Waals surface area contributed by atoms with E-state index in [1.54, 1.807) is 7.11 Å². The Balaban J connectivity index is 2.57. The number of hydrogen-bond acceptors (Lipinski definition) is 3. The topological polar surface area (TPSA) is 39.1 Å². The third-order valence-corrected chi connectivity index (χ3v) is 3.33. The van der Waals surface area contributed by atoms with Crippen LogP contribution in [-0.4, -0.2) is 29.5 Å². The van der Waals surface area contributed by atoms with Crippen LogP contribution in [0.25, 0.3) is 0 Å². The van der Waals surface area contributed by atoms with Gasteiger partial charge in [0.25, 0.3) is 0 Å². The Labute approximate surface area is 99.1 Å². The van der Waals surface area contributed by atoms with Gasteiger partial charge in [-0.1, -0.05) is 0 Å². The lowest BCUT2D eigenvalue weighted by Crippen LogP contribution is -2.30. The van der Waals surface area contributed by atoms with Crippen molar-refractivity contribution in [2.45, 2.75) is 26.4 Å². The summed E-state index contributed by atoms with van der Waals surface area (Å²) in [4.78, 5) is 0. The third-order valence-electron chi connectivity index (χ3n) is 2.30. The second kappa shape index (κ2) is 5.63. The minimum Gasteiger partial charge on any atom is -0.383 e. The molecule has 5 heteroatoms. The first-order valence-electron chi connectivity index (χ1n) is 4.96. The Morgan fingerprint density at radius 2 is 2.27 bits per heavy atom. The van der Waals surface area contributed by atoms with E-state index in [9.17, 15) is 0 Å². The van der Waals surface area contributed by atoms with Gasteiger partial charge in [0.15, 0.2) is 0 Å². The Morgan fingerprint density at radius 1 is 1.60 bits per heavy atom. The number of aromatic nitrogens is 2. The SMILES string of the molecule is COCC(C)NCc1c(Br)c(C)nn1C. The maximum Gasteiger partial charge on any atom is 0.0739 e. The van der Waals surface area contributed by atoms with Gasteiger partial charge in [-0.2, -0.15) is 5.10 Å². The first kappa shape index (κ1) is 12.7. The molecule has 1 rings (SSSR count). The lowest BCUT2D eigenvalue weighted by molar-refractivity contribution is 0.171. The van der Waals surface area contributed by atoms with Crippen LogP contribution in [0.15, 0.2) is 4.47 Å². The van der Waals surface area contributed by atoms with Crippen molar-refractivity contribution in [3.63, 3.8) is 0 Å². The van der Waals surface area contributed by atoms with Gasteiger partial charge in [-0.15, -0.1) is 0 Å². The van der Waals surface area contributed by atoms with E-state index in [0.29, 0.717) is 12.6 Å². The van der Waals surface area contributed by atoms with Crippen molar-refractivity contribution in [1.82, 2.24) is 15.1 Å². The van der Waals surface area contributed by atoms with E-state index in [4.69, 9.17) is 4.74 Å². The smallest absolute Gasteiger partial charge is 0.0739 e. The molecule has 86 valence electrons. The van der Waals surface area contributed by atoms with E-state index < -0.39 is 0 Å². The highest BCUT2D eigenvalue weighted by Gasteiger charge is 2.11. The maximum absolute atomic E-state index is 5.06. The molecule has 0 amide bonds. The fraction of sp³-hybridized carbons (Fsp3) is 0.700. The highest BCUT2D eigenvalue weighted by atomic mass is 79.9. The van der Waals surface area contributed by atoms with Gasteiger partial charge >= 0.3 is 0 Å². The van der Waals surface area contributed by atoms with Gasteiger partial charge in [-0.3, -0.25) is 4.68 Å². The first-order valence-corrected chi connectivity index (χ1v) is 5.75. The molecule has 0 fully saturated rings. The van der Waals surface area contributed by atoms with Crippen LogP contribution in [0.2, 0.25) is 0 Å². The highest BCUT2D eigenvalue weighted by Crippen LogP contribution is 2.19. The van der Waals surface area contributed by atoms with Crippen LogP contribution >= 0.6 is 15.9 Å². The zero-order valence-electron chi connectivity index (χ0n) is 9.67. The molecule has 0 spiro atoms. The van der Waals surface area contributed by atoms with E-state index in [1.807, 2.05) is 18.7 Å². The van der Waals surface area contributed by atoms with Gasteiger partial charge in [0.1, 0.15) is 0 Å². The lowest BCUT2D eigenvalue weighted by Gasteiger charge is -2.12. The number of rotatable bonds is 5. The van der Waals surface area contributed by atoms with Gasteiger partial charge in [-0.25, -0.2) is 0 Å². The Hall–Kier alpha value is -0.390. The molecule has 0 aromatic carbocycles. The Kier molecular flexibility index (Phi) is 4.76. The van der Waals surface area contributed by atoms with E-state index in [1.165, 1.54) is 0 Å². The van der Waals surface area contributed by atoms with Crippen molar-refractivity contribution in [1.29, 1.82) is 0 Å². The molecule has 0 saturated heterocycles. The molecule has 1 aromatic heterocycles. The van der Waals surface area contributed by atoms with E-state index in [-0.39, 0.29) is 0 Å². The van der Waals surface area contributed by atoms with Crippen LogP contribution in [-0.2, 0) is 18.3 Å². The van der Waals surface area contributed by atoms with Crippen molar-refractivity contribution in [3.05, 3.63) is 15.9 Å². The predicted octanol–water partition coefficient (Wildman–Crippen LogP) is 1.62.